The van der Waals surface area contributed by atoms with Gasteiger partial charge in [0.25, 0.3) is 0 Å². The first-order valence-electron chi connectivity index (χ1n) is 9.07. The van der Waals surface area contributed by atoms with Crippen LogP contribution in [0, 0.1) is 17.3 Å². The van der Waals surface area contributed by atoms with Gasteiger partial charge in [-0.2, -0.15) is 0 Å². The Morgan fingerprint density at radius 2 is 1.67 bits per heavy atom. The van der Waals surface area contributed by atoms with Crippen LogP contribution in [0.15, 0.2) is 0 Å². The van der Waals surface area contributed by atoms with Gasteiger partial charge in [0.05, 0.1) is 0 Å². The van der Waals surface area contributed by atoms with E-state index in [2.05, 4.69) is 42.9 Å². The van der Waals surface area contributed by atoms with Gasteiger partial charge in [0.1, 0.15) is 0 Å². The highest BCUT2D eigenvalue weighted by atomic mass is 15.2. The minimum atomic E-state index is 0.513. The van der Waals surface area contributed by atoms with Crippen molar-refractivity contribution in [1.29, 1.82) is 0 Å². The number of nitrogens with zero attached hydrogens (tertiary/aromatic N) is 2. The molecule has 0 unspecified atom stereocenters. The number of nitrogens with one attached hydrogen (secondary N) is 1. The predicted octanol–water partition coefficient (Wildman–Crippen LogP) is 2.68. The van der Waals surface area contributed by atoms with E-state index in [1.54, 1.807) is 0 Å². The third-order valence-electron chi connectivity index (χ3n) is 5.65. The van der Waals surface area contributed by atoms with Crippen LogP contribution in [0.4, 0.5) is 0 Å². The van der Waals surface area contributed by atoms with Crippen molar-refractivity contribution in [1.82, 2.24) is 15.1 Å². The largest absolute Gasteiger partial charge is 0.314 e. The van der Waals surface area contributed by atoms with Gasteiger partial charge in [-0.3, -0.25) is 4.90 Å². The summed E-state index contributed by atoms with van der Waals surface area (Å²) in [5.74, 6) is 1.89. The maximum absolute atomic E-state index is 3.43. The minimum absolute atomic E-state index is 0.513. The Hall–Kier alpha value is -0.120. The summed E-state index contributed by atoms with van der Waals surface area (Å²) < 4.78 is 0. The van der Waals surface area contributed by atoms with Gasteiger partial charge in [-0.25, -0.2) is 0 Å². The average Bonchev–Trinajstić information content (AvgIpc) is 2.46. The van der Waals surface area contributed by atoms with E-state index >= 15 is 0 Å². The zero-order valence-electron chi connectivity index (χ0n) is 14.8. The number of likely N-dealkylation sites (N-methyl/N-ethyl adjacent to an activating group) is 1. The van der Waals surface area contributed by atoms with Gasteiger partial charge in [0, 0.05) is 45.8 Å². The van der Waals surface area contributed by atoms with Crippen LogP contribution < -0.4 is 5.32 Å². The van der Waals surface area contributed by atoms with Crippen molar-refractivity contribution in [2.45, 2.75) is 46.5 Å². The van der Waals surface area contributed by atoms with Crippen molar-refractivity contribution < 1.29 is 0 Å². The molecular weight excluding hydrogens is 258 g/mol. The zero-order valence-corrected chi connectivity index (χ0v) is 14.8. The molecule has 21 heavy (non-hydrogen) atoms. The molecule has 0 spiro atoms. The van der Waals surface area contributed by atoms with E-state index in [0.717, 1.165) is 11.8 Å². The van der Waals surface area contributed by atoms with Crippen LogP contribution >= 0.6 is 0 Å². The Kier molecular flexibility index (Phi) is 6.51. The Labute approximate surface area is 132 Å². The maximum atomic E-state index is 3.43. The van der Waals surface area contributed by atoms with Gasteiger partial charge in [0.15, 0.2) is 0 Å². The fourth-order valence-electron chi connectivity index (χ4n) is 3.99. The third kappa shape index (κ3) is 5.88. The van der Waals surface area contributed by atoms with Gasteiger partial charge in [-0.15, -0.1) is 0 Å². The summed E-state index contributed by atoms with van der Waals surface area (Å²) in [6.07, 6.45) is 5.78. The smallest absolute Gasteiger partial charge is 0.0110 e. The highest BCUT2D eigenvalue weighted by Crippen LogP contribution is 2.39. The third-order valence-corrected chi connectivity index (χ3v) is 5.65. The molecule has 3 nitrogen and oxygen atoms in total. The number of hydrogen-bond donors (Lipinski definition) is 1. The predicted molar refractivity (Wildman–Crippen MR) is 91.7 cm³/mol. The maximum Gasteiger partial charge on any atom is 0.0110 e. The quantitative estimate of drug-likeness (QED) is 0.841. The lowest BCUT2D eigenvalue weighted by Gasteiger charge is -2.38. The zero-order chi connectivity index (χ0) is 15.3. The van der Waals surface area contributed by atoms with Crippen LogP contribution in [-0.2, 0) is 0 Å². The lowest BCUT2D eigenvalue weighted by Crippen LogP contribution is -2.46. The number of rotatable bonds is 5. The second kappa shape index (κ2) is 7.94. The first-order valence-corrected chi connectivity index (χ1v) is 9.07. The molecule has 1 aliphatic carbocycles. The van der Waals surface area contributed by atoms with E-state index < -0.39 is 0 Å². The van der Waals surface area contributed by atoms with Crippen molar-refractivity contribution in [3.63, 3.8) is 0 Å². The molecule has 3 heteroatoms. The van der Waals surface area contributed by atoms with Crippen molar-refractivity contribution >= 4 is 0 Å². The lowest BCUT2D eigenvalue weighted by molar-refractivity contribution is 0.125. The van der Waals surface area contributed by atoms with Gasteiger partial charge >= 0.3 is 0 Å². The molecule has 2 rings (SSSR count). The van der Waals surface area contributed by atoms with Crippen LogP contribution in [0.3, 0.4) is 0 Å². The fourth-order valence-corrected chi connectivity index (χ4v) is 3.99. The molecular formula is C18H37N3. The highest BCUT2D eigenvalue weighted by Gasteiger charge is 2.29. The highest BCUT2D eigenvalue weighted by molar-refractivity contribution is 4.81. The molecule has 1 saturated carbocycles. The van der Waals surface area contributed by atoms with Crippen LogP contribution in [0.25, 0.3) is 0 Å². The monoisotopic (exact) mass is 295 g/mol. The summed E-state index contributed by atoms with van der Waals surface area (Å²) in [6, 6.07) is 0. The summed E-state index contributed by atoms with van der Waals surface area (Å²) in [4.78, 5) is 5.17. The molecule has 1 heterocycles. The van der Waals surface area contributed by atoms with E-state index in [9.17, 15) is 0 Å². The molecule has 0 radical (unpaired) electrons. The molecule has 124 valence electrons. The number of hydrogen-bond acceptors (Lipinski definition) is 3. The Morgan fingerprint density at radius 1 is 1.05 bits per heavy atom. The fraction of sp³-hybridized carbons (Fsp3) is 1.00. The molecule has 2 aliphatic rings. The SMILES string of the molecule is CN(CCN1CCNCC1)CC1CCC(C(C)(C)C)CC1. The molecule has 0 amide bonds. The first-order chi connectivity index (χ1) is 9.95. The molecule has 0 bridgehead atoms. The standard InChI is InChI=1S/C18H37N3/c1-18(2,3)17-7-5-16(6-8-17)15-20(4)13-14-21-11-9-19-10-12-21/h16-17,19H,5-15H2,1-4H3. The average molecular weight is 296 g/mol. The van der Waals surface area contributed by atoms with Gasteiger partial charge < -0.3 is 10.2 Å². The molecule has 1 saturated heterocycles. The van der Waals surface area contributed by atoms with E-state index in [1.165, 1.54) is 71.5 Å². The summed E-state index contributed by atoms with van der Waals surface area (Å²) in [6.45, 7) is 15.8. The van der Waals surface area contributed by atoms with Crippen LogP contribution in [0.5, 0.6) is 0 Å². The second-order valence-electron chi connectivity index (χ2n) is 8.44. The Morgan fingerprint density at radius 3 is 2.24 bits per heavy atom. The molecule has 2 fully saturated rings. The molecule has 0 atom stereocenters. The lowest BCUT2D eigenvalue weighted by atomic mass is 9.70. The first kappa shape index (κ1) is 17.2. The van der Waals surface area contributed by atoms with E-state index in [0.29, 0.717) is 5.41 Å². The summed E-state index contributed by atoms with van der Waals surface area (Å²) in [5.41, 5.74) is 0.513. The van der Waals surface area contributed by atoms with E-state index in [1.807, 2.05) is 0 Å². The molecule has 1 N–H and O–H groups in total. The second-order valence-corrected chi connectivity index (χ2v) is 8.44. The summed E-state index contributed by atoms with van der Waals surface area (Å²) >= 11 is 0. The van der Waals surface area contributed by atoms with Crippen molar-refractivity contribution in [2.75, 3.05) is 52.9 Å². The summed E-state index contributed by atoms with van der Waals surface area (Å²) in [5, 5.41) is 3.43. The van der Waals surface area contributed by atoms with Crippen molar-refractivity contribution in [2.24, 2.45) is 17.3 Å². The molecule has 1 aliphatic heterocycles. The van der Waals surface area contributed by atoms with Crippen LogP contribution in [-0.4, -0.2) is 62.7 Å². The van der Waals surface area contributed by atoms with Crippen LogP contribution in [0.2, 0.25) is 0 Å². The number of piperazine rings is 1. The molecule has 0 aromatic rings. The van der Waals surface area contributed by atoms with Crippen molar-refractivity contribution in [3.8, 4) is 0 Å². The summed E-state index contributed by atoms with van der Waals surface area (Å²) in [7, 11) is 2.32. The molecule has 0 aromatic carbocycles. The van der Waals surface area contributed by atoms with Crippen LogP contribution in [0.1, 0.15) is 46.5 Å². The van der Waals surface area contributed by atoms with E-state index in [4.69, 9.17) is 0 Å². The van der Waals surface area contributed by atoms with Crippen molar-refractivity contribution in [3.05, 3.63) is 0 Å². The molecule has 0 aromatic heterocycles. The van der Waals surface area contributed by atoms with Gasteiger partial charge in [-0.1, -0.05) is 20.8 Å². The Bertz CT molecular complexity index is 283. The topological polar surface area (TPSA) is 18.5 Å². The van der Waals surface area contributed by atoms with Gasteiger partial charge in [-0.05, 0) is 50.0 Å². The normalized spacial score (nSPS) is 29.0. The van der Waals surface area contributed by atoms with Gasteiger partial charge in [0.2, 0.25) is 0 Å². The Balaban J connectivity index is 1.61. The minimum Gasteiger partial charge on any atom is -0.314 e. The van der Waals surface area contributed by atoms with E-state index in [-0.39, 0.29) is 0 Å².